The maximum Gasteiger partial charge on any atom is 0.133 e. The van der Waals surface area contributed by atoms with Crippen LogP contribution in [0.25, 0.3) is 10.9 Å². The van der Waals surface area contributed by atoms with Crippen LogP contribution in [0.5, 0.6) is 0 Å². The van der Waals surface area contributed by atoms with Crippen LogP contribution in [0.15, 0.2) is 30.3 Å². The number of anilines is 1. The zero-order valence-electron chi connectivity index (χ0n) is 12.8. The number of nitrogens with zero attached hydrogens (tertiary/aromatic N) is 2. The predicted molar refractivity (Wildman–Crippen MR) is 86.7 cm³/mol. The molecule has 0 aliphatic carbocycles. The van der Waals surface area contributed by atoms with Gasteiger partial charge >= 0.3 is 0 Å². The average Bonchev–Trinajstić information content (AvgIpc) is 2.96. The summed E-state index contributed by atoms with van der Waals surface area (Å²) in [6, 6.07) is 10.6. The third-order valence-corrected chi connectivity index (χ3v) is 4.14. The number of nitrogens with one attached hydrogen (secondary N) is 1. The highest BCUT2D eigenvalue weighted by molar-refractivity contribution is 5.81. The molecule has 112 valence electrons. The van der Waals surface area contributed by atoms with E-state index in [-0.39, 0.29) is 0 Å². The summed E-state index contributed by atoms with van der Waals surface area (Å²) in [6.45, 7) is 3.79. The minimum absolute atomic E-state index is 0.616. The molecule has 1 atom stereocenters. The molecule has 3 rings (SSSR count). The van der Waals surface area contributed by atoms with Crippen LogP contribution in [0.1, 0.15) is 12.0 Å². The monoisotopic (exact) mass is 285 g/mol. The Morgan fingerprint density at radius 2 is 2.24 bits per heavy atom. The molecule has 4 heteroatoms. The molecule has 1 aromatic heterocycles. The van der Waals surface area contributed by atoms with Crippen LogP contribution in [-0.2, 0) is 11.3 Å². The lowest BCUT2D eigenvalue weighted by Crippen LogP contribution is -2.24. The number of ether oxygens (including phenoxy) is 1. The number of pyridine rings is 1. The largest absolute Gasteiger partial charge is 0.384 e. The van der Waals surface area contributed by atoms with Gasteiger partial charge in [0.2, 0.25) is 0 Å². The van der Waals surface area contributed by atoms with E-state index in [1.807, 2.05) is 7.05 Å². The van der Waals surface area contributed by atoms with Crippen molar-refractivity contribution in [2.24, 2.45) is 5.92 Å². The van der Waals surface area contributed by atoms with Crippen molar-refractivity contribution >= 4 is 16.7 Å². The van der Waals surface area contributed by atoms with Gasteiger partial charge in [-0.25, -0.2) is 4.98 Å². The number of fused-ring (bicyclic) bond motifs is 1. The SMILES string of the molecule is CNCc1cc2ccccc2nc1N1CCC(COC)C1. The topological polar surface area (TPSA) is 37.4 Å². The quantitative estimate of drug-likeness (QED) is 0.915. The highest BCUT2D eigenvalue weighted by Gasteiger charge is 2.25. The molecule has 4 nitrogen and oxygen atoms in total. The van der Waals surface area contributed by atoms with Gasteiger partial charge in [0.05, 0.1) is 12.1 Å². The molecule has 1 aromatic carbocycles. The third kappa shape index (κ3) is 3.01. The van der Waals surface area contributed by atoms with E-state index in [2.05, 4.69) is 40.5 Å². The van der Waals surface area contributed by atoms with E-state index in [4.69, 9.17) is 9.72 Å². The standard InChI is InChI=1S/C17H23N3O/c1-18-10-15-9-14-5-3-4-6-16(14)19-17(15)20-8-7-13(11-20)12-21-2/h3-6,9,13,18H,7-8,10-12H2,1-2H3. The molecule has 1 aliphatic heterocycles. The Hall–Kier alpha value is -1.65. The number of hydrogen-bond donors (Lipinski definition) is 1. The highest BCUT2D eigenvalue weighted by Crippen LogP contribution is 2.28. The highest BCUT2D eigenvalue weighted by atomic mass is 16.5. The molecule has 0 saturated carbocycles. The first-order chi connectivity index (χ1) is 10.3. The van der Waals surface area contributed by atoms with Gasteiger partial charge in [0, 0.05) is 43.6 Å². The Morgan fingerprint density at radius 1 is 1.38 bits per heavy atom. The van der Waals surface area contributed by atoms with Gasteiger partial charge in [0.25, 0.3) is 0 Å². The molecule has 1 aliphatic rings. The van der Waals surface area contributed by atoms with Crippen molar-refractivity contribution in [1.82, 2.24) is 10.3 Å². The van der Waals surface area contributed by atoms with E-state index in [1.165, 1.54) is 17.4 Å². The Labute approximate surface area is 126 Å². The van der Waals surface area contributed by atoms with E-state index in [1.54, 1.807) is 7.11 Å². The van der Waals surface area contributed by atoms with Crippen molar-refractivity contribution in [3.8, 4) is 0 Å². The summed E-state index contributed by atoms with van der Waals surface area (Å²) in [5, 5.41) is 4.47. The second-order valence-electron chi connectivity index (χ2n) is 5.75. The number of benzene rings is 1. The Bertz CT molecular complexity index is 614. The first-order valence-corrected chi connectivity index (χ1v) is 7.59. The molecular formula is C17H23N3O. The molecule has 0 spiro atoms. The minimum atomic E-state index is 0.616. The maximum atomic E-state index is 5.30. The van der Waals surface area contributed by atoms with Gasteiger partial charge in [-0.05, 0) is 25.6 Å². The minimum Gasteiger partial charge on any atom is -0.384 e. The number of aromatic nitrogens is 1. The lowest BCUT2D eigenvalue weighted by atomic mass is 10.1. The average molecular weight is 285 g/mol. The van der Waals surface area contributed by atoms with Crippen LogP contribution >= 0.6 is 0 Å². The summed E-state index contributed by atoms with van der Waals surface area (Å²) in [5.74, 6) is 1.74. The second kappa shape index (κ2) is 6.41. The van der Waals surface area contributed by atoms with Gasteiger partial charge in [-0.2, -0.15) is 0 Å². The lowest BCUT2D eigenvalue weighted by Gasteiger charge is -2.21. The number of rotatable bonds is 5. The Kier molecular flexibility index (Phi) is 4.36. The number of hydrogen-bond acceptors (Lipinski definition) is 4. The van der Waals surface area contributed by atoms with Crippen LogP contribution in [0.4, 0.5) is 5.82 Å². The summed E-state index contributed by atoms with van der Waals surface area (Å²) in [7, 11) is 3.76. The van der Waals surface area contributed by atoms with E-state index >= 15 is 0 Å². The van der Waals surface area contributed by atoms with Gasteiger partial charge in [0.1, 0.15) is 5.82 Å². The van der Waals surface area contributed by atoms with Crippen molar-refractivity contribution < 1.29 is 4.74 Å². The van der Waals surface area contributed by atoms with Gasteiger partial charge in [0.15, 0.2) is 0 Å². The first kappa shape index (κ1) is 14.3. The fraction of sp³-hybridized carbons (Fsp3) is 0.471. The molecule has 0 bridgehead atoms. The summed E-state index contributed by atoms with van der Waals surface area (Å²) in [4.78, 5) is 7.32. The van der Waals surface area contributed by atoms with E-state index in [9.17, 15) is 0 Å². The molecule has 1 N–H and O–H groups in total. The molecule has 2 aromatic rings. The van der Waals surface area contributed by atoms with Crippen LogP contribution in [0, 0.1) is 5.92 Å². The summed E-state index contributed by atoms with van der Waals surface area (Å²) in [5.41, 5.74) is 2.34. The zero-order valence-corrected chi connectivity index (χ0v) is 12.8. The van der Waals surface area contributed by atoms with Crippen molar-refractivity contribution in [3.05, 3.63) is 35.9 Å². The van der Waals surface area contributed by atoms with Crippen molar-refractivity contribution in [2.75, 3.05) is 38.8 Å². The van der Waals surface area contributed by atoms with Gasteiger partial charge in [-0.15, -0.1) is 0 Å². The van der Waals surface area contributed by atoms with Crippen LogP contribution in [0.2, 0.25) is 0 Å². The van der Waals surface area contributed by atoms with E-state index < -0.39 is 0 Å². The lowest BCUT2D eigenvalue weighted by molar-refractivity contribution is 0.161. The Balaban J connectivity index is 1.94. The molecule has 1 saturated heterocycles. The van der Waals surface area contributed by atoms with Gasteiger partial charge < -0.3 is 15.0 Å². The number of methoxy groups -OCH3 is 1. The van der Waals surface area contributed by atoms with Crippen LogP contribution in [-0.4, -0.2) is 38.8 Å². The number of para-hydroxylation sites is 1. The molecule has 1 unspecified atom stereocenters. The molecule has 2 heterocycles. The fourth-order valence-electron chi connectivity index (χ4n) is 3.14. The van der Waals surface area contributed by atoms with Crippen LogP contribution in [0.3, 0.4) is 0 Å². The van der Waals surface area contributed by atoms with Crippen molar-refractivity contribution in [1.29, 1.82) is 0 Å². The first-order valence-electron chi connectivity index (χ1n) is 7.59. The van der Waals surface area contributed by atoms with Crippen molar-refractivity contribution in [2.45, 2.75) is 13.0 Å². The van der Waals surface area contributed by atoms with E-state index in [0.29, 0.717) is 5.92 Å². The summed E-state index contributed by atoms with van der Waals surface area (Å²) >= 11 is 0. The van der Waals surface area contributed by atoms with Gasteiger partial charge in [-0.3, -0.25) is 0 Å². The van der Waals surface area contributed by atoms with Crippen molar-refractivity contribution in [3.63, 3.8) is 0 Å². The second-order valence-corrected chi connectivity index (χ2v) is 5.75. The normalized spacial score (nSPS) is 18.6. The Morgan fingerprint density at radius 3 is 3.05 bits per heavy atom. The molecule has 0 radical (unpaired) electrons. The summed E-state index contributed by atoms with van der Waals surface area (Å²) < 4.78 is 5.30. The fourth-order valence-corrected chi connectivity index (χ4v) is 3.14. The molecule has 0 amide bonds. The van der Waals surface area contributed by atoms with Crippen LogP contribution < -0.4 is 10.2 Å². The predicted octanol–water partition coefficient (Wildman–Crippen LogP) is 2.43. The molecular weight excluding hydrogens is 262 g/mol. The molecule has 21 heavy (non-hydrogen) atoms. The molecule has 1 fully saturated rings. The maximum absolute atomic E-state index is 5.30. The van der Waals surface area contributed by atoms with E-state index in [0.717, 1.165) is 37.6 Å². The summed E-state index contributed by atoms with van der Waals surface area (Å²) in [6.07, 6.45) is 1.18. The smallest absolute Gasteiger partial charge is 0.133 e. The zero-order chi connectivity index (χ0) is 14.7. The van der Waals surface area contributed by atoms with Gasteiger partial charge in [-0.1, -0.05) is 18.2 Å². The third-order valence-electron chi connectivity index (χ3n) is 4.14.